The number of hydrogen-bond acceptors (Lipinski definition) is 3. The molecule has 14 heavy (non-hydrogen) atoms. The third kappa shape index (κ3) is 1.84. The Morgan fingerprint density at radius 2 is 1.93 bits per heavy atom. The van der Waals surface area contributed by atoms with Crippen LogP contribution in [0.2, 0.25) is 0 Å². The van der Waals surface area contributed by atoms with Gasteiger partial charge in [-0.25, -0.2) is 0 Å². The van der Waals surface area contributed by atoms with Gasteiger partial charge in [0.25, 0.3) is 0 Å². The number of hydrogen-bond donors (Lipinski definition) is 2. The van der Waals surface area contributed by atoms with Crippen LogP contribution in [-0.2, 0) is 9.59 Å². The Labute approximate surface area is 87.4 Å². The molecule has 6 heteroatoms. The van der Waals surface area contributed by atoms with Gasteiger partial charge in [-0.2, -0.15) is 0 Å². The lowest BCUT2D eigenvalue weighted by molar-refractivity contribution is -0.136. The SMILES string of the molecule is CN(CC(N)=O)C(=O)C1(C(N)=S)CC1. The number of carbonyl (C=O) groups is 2. The summed E-state index contributed by atoms with van der Waals surface area (Å²) in [6, 6.07) is 0. The number of likely N-dealkylation sites (N-methyl/N-ethyl adjacent to an activating group) is 1. The van der Waals surface area contributed by atoms with E-state index in [4.69, 9.17) is 23.7 Å². The van der Waals surface area contributed by atoms with Gasteiger partial charge in [0.15, 0.2) is 0 Å². The molecule has 0 spiro atoms. The number of nitrogens with two attached hydrogens (primary N) is 2. The first-order valence-corrected chi connectivity index (χ1v) is 4.65. The lowest BCUT2D eigenvalue weighted by Crippen LogP contribution is -2.44. The van der Waals surface area contributed by atoms with Gasteiger partial charge in [-0.05, 0) is 12.8 Å². The van der Waals surface area contributed by atoms with Gasteiger partial charge in [-0.15, -0.1) is 0 Å². The minimum Gasteiger partial charge on any atom is -0.392 e. The van der Waals surface area contributed by atoms with E-state index in [0.717, 1.165) is 0 Å². The number of rotatable bonds is 4. The van der Waals surface area contributed by atoms with Gasteiger partial charge in [-0.1, -0.05) is 12.2 Å². The molecule has 4 N–H and O–H groups in total. The molecule has 1 aliphatic carbocycles. The summed E-state index contributed by atoms with van der Waals surface area (Å²) in [5.41, 5.74) is 9.75. The molecule has 1 saturated carbocycles. The fourth-order valence-corrected chi connectivity index (χ4v) is 1.65. The zero-order chi connectivity index (χ0) is 10.9. The number of thiocarbonyl (C=S) groups is 1. The Morgan fingerprint density at radius 1 is 1.43 bits per heavy atom. The second kappa shape index (κ2) is 3.53. The maximum absolute atomic E-state index is 11.8. The van der Waals surface area contributed by atoms with Crippen LogP contribution in [0.4, 0.5) is 0 Å². The molecule has 0 aromatic rings. The largest absolute Gasteiger partial charge is 0.392 e. The van der Waals surface area contributed by atoms with Crippen LogP contribution in [0.5, 0.6) is 0 Å². The highest BCUT2D eigenvalue weighted by atomic mass is 32.1. The van der Waals surface area contributed by atoms with Crippen molar-refractivity contribution in [3.63, 3.8) is 0 Å². The maximum Gasteiger partial charge on any atom is 0.237 e. The molecule has 0 heterocycles. The molecule has 1 aliphatic rings. The summed E-state index contributed by atoms with van der Waals surface area (Å²) < 4.78 is 0. The Bertz CT molecular complexity index is 299. The van der Waals surface area contributed by atoms with Gasteiger partial charge in [0, 0.05) is 7.05 Å². The van der Waals surface area contributed by atoms with Gasteiger partial charge in [0.2, 0.25) is 11.8 Å². The van der Waals surface area contributed by atoms with Crippen LogP contribution in [0.15, 0.2) is 0 Å². The first kappa shape index (κ1) is 10.9. The minimum atomic E-state index is -0.695. The fraction of sp³-hybridized carbons (Fsp3) is 0.625. The fourth-order valence-electron chi connectivity index (χ4n) is 1.36. The summed E-state index contributed by atoms with van der Waals surface area (Å²) in [6.45, 7) is -0.0941. The minimum absolute atomic E-state index is 0.0941. The number of amides is 2. The predicted molar refractivity (Wildman–Crippen MR) is 55.3 cm³/mol. The van der Waals surface area contributed by atoms with E-state index < -0.39 is 11.3 Å². The first-order valence-electron chi connectivity index (χ1n) is 4.24. The molecule has 0 aromatic heterocycles. The molecular weight excluding hydrogens is 202 g/mol. The maximum atomic E-state index is 11.8. The molecule has 0 saturated heterocycles. The van der Waals surface area contributed by atoms with Gasteiger partial charge >= 0.3 is 0 Å². The van der Waals surface area contributed by atoms with E-state index >= 15 is 0 Å². The highest BCUT2D eigenvalue weighted by molar-refractivity contribution is 7.80. The third-order valence-electron chi connectivity index (χ3n) is 2.37. The Morgan fingerprint density at radius 3 is 2.21 bits per heavy atom. The van der Waals surface area contributed by atoms with Gasteiger partial charge in [-0.3, -0.25) is 9.59 Å². The number of nitrogens with zero attached hydrogens (tertiary/aromatic N) is 1. The summed E-state index contributed by atoms with van der Waals surface area (Å²) >= 11 is 4.82. The smallest absolute Gasteiger partial charge is 0.237 e. The van der Waals surface area contributed by atoms with E-state index in [9.17, 15) is 9.59 Å². The van der Waals surface area contributed by atoms with Crippen LogP contribution in [-0.4, -0.2) is 35.3 Å². The quantitative estimate of drug-likeness (QED) is 0.588. The van der Waals surface area contributed by atoms with Crippen molar-refractivity contribution in [2.75, 3.05) is 13.6 Å². The molecule has 78 valence electrons. The van der Waals surface area contributed by atoms with E-state index in [1.807, 2.05) is 0 Å². The molecule has 0 radical (unpaired) electrons. The summed E-state index contributed by atoms with van der Waals surface area (Å²) in [6.07, 6.45) is 1.34. The average molecular weight is 215 g/mol. The molecule has 0 unspecified atom stereocenters. The zero-order valence-electron chi connectivity index (χ0n) is 7.95. The molecule has 0 aromatic carbocycles. The predicted octanol–water partition coefficient (Wildman–Crippen LogP) is -1.00. The zero-order valence-corrected chi connectivity index (χ0v) is 8.76. The molecule has 5 nitrogen and oxygen atoms in total. The Balaban J connectivity index is 2.66. The van der Waals surface area contributed by atoms with Gasteiger partial charge in [0.1, 0.15) is 0 Å². The number of carbonyl (C=O) groups excluding carboxylic acids is 2. The summed E-state index contributed by atoms with van der Waals surface area (Å²) in [5, 5.41) is 0. The van der Waals surface area contributed by atoms with Crippen LogP contribution in [0.3, 0.4) is 0 Å². The van der Waals surface area contributed by atoms with Crippen LogP contribution in [0, 0.1) is 5.41 Å². The molecule has 0 aliphatic heterocycles. The average Bonchev–Trinajstić information content (AvgIpc) is 2.81. The summed E-state index contributed by atoms with van der Waals surface area (Å²) in [4.78, 5) is 23.8. The van der Waals surface area contributed by atoms with Crippen molar-refractivity contribution in [2.45, 2.75) is 12.8 Å². The third-order valence-corrected chi connectivity index (χ3v) is 2.76. The second-order valence-electron chi connectivity index (χ2n) is 3.57. The standard InChI is InChI=1S/C8H13N3O2S/c1-11(4-5(9)12)7(13)8(2-3-8)6(10)14/h2-4H2,1H3,(H2,9,12)(H2,10,14). The van der Waals surface area contributed by atoms with Gasteiger partial charge < -0.3 is 16.4 Å². The van der Waals surface area contributed by atoms with Crippen molar-refractivity contribution in [1.82, 2.24) is 4.90 Å². The summed E-state index contributed by atoms with van der Waals surface area (Å²) in [7, 11) is 1.52. The van der Waals surface area contributed by atoms with Crippen molar-refractivity contribution >= 4 is 29.0 Å². The van der Waals surface area contributed by atoms with Crippen LogP contribution in [0.1, 0.15) is 12.8 Å². The topological polar surface area (TPSA) is 89.4 Å². The number of primary amides is 1. The van der Waals surface area contributed by atoms with E-state index in [1.165, 1.54) is 11.9 Å². The van der Waals surface area contributed by atoms with Crippen molar-refractivity contribution in [3.05, 3.63) is 0 Å². The lowest BCUT2D eigenvalue weighted by atomic mass is 10.1. The van der Waals surface area contributed by atoms with Crippen LogP contribution in [0.25, 0.3) is 0 Å². The van der Waals surface area contributed by atoms with Crippen LogP contribution >= 0.6 is 12.2 Å². The molecule has 2 amide bonds. The van der Waals surface area contributed by atoms with Crippen LogP contribution < -0.4 is 11.5 Å². The monoisotopic (exact) mass is 215 g/mol. The first-order chi connectivity index (χ1) is 6.40. The molecule has 1 fully saturated rings. The highest BCUT2D eigenvalue weighted by Crippen LogP contribution is 2.47. The van der Waals surface area contributed by atoms with Crippen molar-refractivity contribution in [1.29, 1.82) is 0 Å². The van der Waals surface area contributed by atoms with E-state index in [0.29, 0.717) is 12.8 Å². The van der Waals surface area contributed by atoms with Crippen molar-refractivity contribution in [2.24, 2.45) is 16.9 Å². The highest BCUT2D eigenvalue weighted by Gasteiger charge is 2.53. The normalized spacial score (nSPS) is 17.2. The Hall–Kier alpha value is -1.17. The van der Waals surface area contributed by atoms with E-state index in [1.54, 1.807) is 0 Å². The van der Waals surface area contributed by atoms with Gasteiger partial charge in [0.05, 0.1) is 16.9 Å². The summed E-state index contributed by atoms with van der Waals surface area (Å²) in [5.74, 6) is -0.747. The molecular formula is C8H13N3O2S. The van der Waals surface area contributed by atoms with E-state index in [2.05, 4.69) is 0 Å². The second-order valence-corrected chi connectivity index (χ2v) is 4.01. The van der Waals surface area contributed by atoms with Crippen molar-refractivity contribution in [3.8, 4) is 0 Å². The van der Waals surface area contributed by atoms with E-state index in [-0.39, 0.29) is 17.4 Å². The van der Waals surface area contributed by atoms with Crippen molar-refractivity contribution < 1.29 is 9.59 Å². The molecule has 0 bridgehead atoms. The Kier molecular flexibility index (Phi) is 2.75. The molecule has 0 atom stereocenters. The molecule has 1 rings (SSSR count). The lowest BCUT2D eigenvalue weighted by Gasteiger charge is -2.21.